The zero-order valence-corrected chi connectivity index (χ0v) is 13.5. The second-order valence-corrected chi connectivity index (χ2v) is 6.91. The Morgan fingerprint density at radius 3 is 2.90 bits per heavy atom. The van der Waals surface area contributed by atoms with Crippen LogP contribution in [0, 0.1) is 6.92 Å². The fourth-order valence-corrected chi connectivity index (χ4v) is 3.22. The van der Waals surface area contributed by atoms with Gasteiger partial charge in [0.2, 0.25) is 0 Å². The summed E-state index contributed by atoms with van der Waals surface area (Å²) in [6, 6.07) is 0. The lowest BCUT2D eigenvalue weighted by Gasteiger charge is -2.27. The average Bonchev–Trinajstić information content (AvgIpc) is 2.84. The maximum absolute atomic E-state index is 12.3. The fourth-order valence-electron chi connectivity index (χ4n) is 2.62. The highest BCUT2D eigenvalue weighted by Gasteiger charge is 2.22. The number of rotatable bonds is 3. The van der Waals surface area contributed by atoms with Crippen LogP contribution in [0.2, 0.25) is 0 Å². The molecule has 3 rings (SSSR count). The van der Waals surface area contributed by atoms with E-state index >= 15 is 0 Å². The van der Waals surface area contributed by atoms with Crippen molar-refractivity contribution < 1.29 is 0 Å². The third-order valence-electron chi connectivity index (χ3n) is 3.77. The minimum Gasteiger partial charge on any atom is -0.310 e. The minimum atomic E-state index is 0.0165. The smallest absolute Gasteiger partial charge is 0.255 e. The molecule has 1 N–H and O–H groups in total. The van der Waals surface area contributed by atoms with Crippen molar-refractivity contribution in [3.8, 4) is 0 Å². The first-order valence-corrected chi connectivity index (χ1v) is 8.16. The number of aromatic amines is 1. The van der Waals surface area contributed by atoms with Gasteiger partial charge in [-0.3, -0.25) is 9.69 Å². The maximum atomic E-state index is 12.3. The number of nitrogens with zero attached hydrogens (tertiary/aromatic N) is 3. The molecule has 1 aliphatic heterocycles. The molecule has 2 aromatic heterocycles. The quantitative estimate of drug-likeness (QED) is 0.944. The van der Waals surface area contributed by atoms with E-state index in [0.717, 1.165) is 47.3 Å². The molecule has 0 amide bonds. The molecule has 0 atom stereocenters. The van der Waals surface area contributed by atoms with Gasteiger partial charge in [-0.15, -0.1) is 11.3 Å². The molecule has 3 heterocycles. The Hall–Kier alpha value is -1.53. The van der Waals surface area contributed by atoms with E-state index in [1.807, 2.05) is 20.8 Å². The first kappa shape index (κ1) is 14.4. The summed E-state index contributed by atoms with van der Waals surface area (Å²) < 4.78 is 0. The van der Waals surface area contributed by atoms with Crippen molar-refractivity contribution in [3.63, 3.8) is 0 Å². The van der Waals surface area contributed by atoms with Gasteiger partial charge in [0.1, 0.15) is 5.82 Å². The van der Waals surface area contributed by atoms with Gasteiger partial charge in [-0.05, 0) is 6.92 Å². The third-order valence-corrected chi connectivity index (χ3v) is 4.59. The molecule has 0 aromatic carbocycles. The highest BCUT2D eigenvalue weighted by atomic mass is 32.1. The topological polar surface area (TPSA) is 61.9 Å². The number of nitrogens with one attached hydrogen (secondary N) is 1. The van der Waals surface area contributed by atoms with E-state index < -0.39 is 0 Å². The lowest BCUT2D eigenvalue weighted by atomic mass is 10.1. The summed E-state index contributed by atoms with van der Waals surface area (Å²) in [6.45, 7) is 8.50. The maximum Gasteiger partial charge on any atom is 0.255 e. The second kappa shape index (κ2) is 5.69. The van der Waals surface area contributed by atoms with E-state index in [1.165, 1.54) is 0 Å². The number of aryl methyl sites for hydroxylation is 1. The van der Waals surface area contributed by atoms with Gasteiger partial charge in [-0.25, -0.2) is 9.97 Å². The highest BCUT2D eigenvalue weighted by Crippen LogP contribution is 2.18. The predicted molar refractivity (Wildman–Crippen MR) is 83.6 cm³/mol. The normalized spacial score (nSPS) is 15.4. The van der Waals surface area contributed by atoms with Gasteiger partial charge in [0.25, 0.3) is 5.56 Å². The summed E-state index contributed by atoms with van der Waals surface area (Å²) >= 11 is 1.67. The van der Waals surface area contributed by atoms with Crippen LogP contribution in [0.5, 0.6) is 0 Å². The molecule has 0 aliphatic carbocycles. The summed E-state index contributed by atoms with van der Waals surface area (Å²) in [5.74, 6) is 1.04. The molecular formula is C15H20N4OS. The Morgan fingerprint density at radius 1 is 1.43 bits per heavy atom. The number of thiazole rings is 1. The van der Waals surface area contributed by atoms with Gasteiger partial charge >= 0.3 is 0 Å². The van der Waals surface area contributed by atoms with Gasteiger partial charge in [0.15, 0.2) is 0 Å². The molecule has 6 heteroatoms. The summed E-state index contributed by atoms with van der Waals surface area (Å²) in [5, 5.41) is 3.18. The summed E-state index contributed by atoms with van der Waals surface area (Å²) in [6.07, 6.45) is 0.835. The Labute approximate surface area is 128 Å². The lowest BCUT2D eigenvalue weighted by Crippen LogP contribution is -2.36. The zero-order valence-electron chi connectivity index (χ0n) is 12.6. The second-order valence-electron chi connectivity index (χ2n) is 5.85. The van der Waals surface area contributed by atoms with Crippen molar-refractivity contribution in [3.05, 3.63) is 43.5 Å². The van der Waals surface area contributed by atoms with Gasteiger partial charge in [-0.2, -0.15) is 0 Å². The highest BCUT2D eigenvalue weighted by molar-refractivity contribution is 7.09. The van der Waals surface area contributed by atoms with Crippen LogP contribution in [0.15, 0.2) is 10.2 Å². The third kappa shape index (κ3) is 3.06. The minimum absolute atomic E-state index is 0.0165. The van der Waals surface area contributed by atoms with Crippen LogP contribution in [0.1, 0.15) is 47.5 Å². The van der Waals surface area contributed by atoms with E-state index in [-0.39, 0.29) is 11.5 Å². The Kier molecular flexibility index (Phi) is 3.91. The molecule has 5 nitrogen and oxygen atoms in total. The molecule has 112 valence electrons. The zero-order chi connectivity index (χ0) is 15.0. The van der Waals surface area contributed by atoms with Crippen molar-refractivity contribution in [2.75, 3.05) is 6.54 Å². The summed E-state index contributed by atoms with van der Waals surface area (Å²) in [7, 11) is 0. The Bertz CT molecular complexity index is 704. The monoisotopic (exact) mass is 304 g/mol. The lowest BCUT2D eigenvalue weighted by molar-refractivity contribution is 0.239. The number of H-pyrrole nitrogens is 1. The van der Waals surface area contributed by atoms with Gasteiger partial charge in [0.05, 0.1) is 22.0 Å². The number of fused-ring (bicyclic) bond motifs is 1. The SMILES string of the molecule is Cc1nc(CN2CCc3nc(C(C)C)[nH]c(=O)c3C2)cs1. The molecule has 0 bridgehead atoms. The van der Waals surface area contributed by atoms with E-state index in [4.69, 9.17) is 0 Å². The van der Waals surface area contributed by atoms with Crippen LogP contribution in [0.3, 0.4) is 0 Å². The van der Waals surface area contributed by atoms with Gasteiger partial charge in [0, 0.05) is 37.4 Å². The van der Waals surface area contributed by atoms with Crippen LogP contribution in [-0.4, -0.2) is 26.4 Å². The van der Waals surface area contributed by atoms with E-state index in [9.17, 15) is 4.79 Å². The van der Waals surface area contributed by atoms with E-state index in [0.29, 0.717) is 6.54 Å². The number of aromatic nitrogens is 3. The first-order valence-electron chi connectivity index (χ1n) is 7.28. The molecule has 0 unspecified atom stereocenters. The van der Waals surface area contributed by atoms with Crippen LogP contribution in [0.4, 0.5) is 0 Å². The van der Waals surface area contributed by atoms with Crippen molar-refractivity contribution in [1.29, 1.82) is 0 Å². The van der Waals surface area contributed by atoms with E-state index in [2.05, 4.69) is 25.2 Å². The summed E-state index contributed by atoms with van der Waals surface area (Å²) in [5.41, 5.74) is 2.89. The van der Waals surface area contributed by atoms with Crippen molar-refractivity contribution >= 4 is 11.3 Å². The van der Waals surface area contributed by atoms with Crippen molar-refractivity contribution in [1.82, 2.24) is 19.9 Å². The first-order chi connectivity index (χ1) is 10.0. The van der Waals surface area contributed by atoms with E-state index in [1.54, 1.807) is 11.3 Å². The Balaban J connectivity index is 1.81. The Morgan fingerprint density at radius 2 is 2.24 bits per heavy atom. The molecule has 0 spiro atoms. The van der Waals surface area contributed by atoms with Crippen molar-refractivity contribution in [2.45, 2.75) is 46.2 Å². The molecule has 0 saturated carbocycles. The summed E-state index contributed by atoms with van der Waals surface area (Å²) in [4.78, 5) is 26.6. The average molecular weight is 304 g/mol. The van der Waals surface area contributed by atoms with Gasteiger partial charge < -0.3 is 4.98 Å². The fraction of sp³-hybridized carbons (Fsp3) is 0.533. The molecule has 21 heavy (non-hydrogen) atoms. The van der Waals surface area contributed by atoms with Crippen LogP contribution >= 0.6 is 11.3 Å². The van der Waals surface area contributed by atoms with Crippen LogP contribution in [0.25, 0.3) is 0 Å². The molecule has 1 aliphatic rings. The molecule has 0 saturated heterocycles. The number of hydrogen-bond acceptors (Lipinski definition) is 5. The molecular weight excluding hydrogens is 284 g/mol. The largest absolute Gasteiger partial charge is 0.310 e. The molecule has 0 radical (unpaired) electrons. The molecule has 0 fully saturated rings. The van der Waals surface area contributed by atoms with Gasteiger partial charge in [-0.1, -0.05) is 13.8 Å². The van der Waals surface area contributed by atoms with Crippen molar-refractivity contribution in [2.24, 2.45) is 0 Å². The number of hydrogen-bond donors (Lipinski definition) is 1. The molecule has 2 aromatic rings. The van der Waals surface area contributed by atoms with Crippen LogP contribution < -0.4 is 5.56 Å². The standard InChI is InChI=1S/C15H20N4OS/c1-9(2)14-17-13-4-5-19(7-12(13)15(20)18-14)6-11-8-21-10(3)16-11/h8-9H,4-7H2,1-3H3,(H,17,18,20). The predicted octanol–water partition coefficient (Wildman–Crippen LogP) is 2.22. The van der Waals surface area contributed by atoms with Crippen LogP contribution in [-0.2, 0) is 19.5 Å².